The SMILES string of the molecule is Cn1cc(C(=O)N2CCN(CCCOc3ccc(C(=O)/C=C/c4cccc(Br)c4)cc3)CC2)c(C(F)(F)F)n1. The van der Waals surface area contributed by atoms with Gasteiger partial charge in [-0.1, -0.05) is 34.1 Å². The molecule has 0 aliphatic carbocycles. The lowest BCUT2D eigenvalue weighted by Gasteiger charge is -2.34. The highest BCUT2D eigenvalue weighted by atomic mass is 79.9. The summed E-state index contributed by atoms with van der Waals surface area (Å²) in [5, 5.41) is 3.42. The van der Waals surface area contributed by atoms with Gasteiger partial charge in [0, 0.05) is 56.0 Å². The molecule has 1 aromatic heterocycles. The lowest BCUT2D eigenvalue weighted by atomic mass is 10.1. The molecule has 1 amide bonds. The fourth-order valence-corrected chi connectivity index (χ4v) is 4.69. The molecule has 39 heavy (non-hydrogen) atoms. The van der Waals surface area contributed by atoms with Crippen LogP contribution in [0.15, 0.2) is 65.3 Å². The quantitative estimate of drug-likeness (QED) is 0.188. The van der Waals surface area contributed by atoms with Crippen LogP contribution in [0, 0.1) is 0 Å². The summed E-state index contributed by atoms with van der Waals surface area (Å²) in [6, 6.07) is 14.6. The van der Waals surface area contributed by atoms with E-state index in [-0.39, 0.29) is 5.78 Å². The fraction of sp³-hybridized carbons (Fsp3) is 0.321. The summed E-state index contributed by atoms with van der Waals surface area (Å²) in [6.07, 6.45) is 0.493. The van der Waals surface area contributed by atoms with E-state index in [1.807, 2.05) is 24.3 Å². The normalized spacial score (nSPS) is 14.6. The van der Waals surface area contributed by atoms with E-state index in [9.17, 15) is 22.8 Å². The predicted octanol–water partition coefficient (Wildman–Crippen LogP) is 5.32. The molecule has 1 fully saturated rings. The van der Waals surface area contributed by atoms with E-state index < -0.39 is 23.3 Å². The van der Waals surface area contributed by atoms with Gasteiger partial charge in [0.25, 0.3) is 5.91 Å². The lowest BCUT2D eigenvalue weighted by molar-refractivity contribution is -0.141. The molecule has 4 rings (SSSR count). The van der Waals surface area contributed by atoms with Crippen molar-refractivity contribution >= 4 is 33.7 Å². The molecule has 0 N–H and O–H groups in total. The highest BCUT2D eigenvalue weighted by Crippen LogP contribution is 2.31. The highest BCUT2D eigenvalue weighted by molar-refractivity contribution is 9.10. The predicted molar refractivity (Wildman–Crippen MR) is 145 cm³/mol. The van der Waals surface area contributed by atoms with E-state index in [1.165, 1.54) is 18.0 Å². The number of ketones is 1. The number of hydrogen-bond donors (Lipinski definition) is 0. The number of rotatable bonds is 9. The van der Waals surface area contributed by atoms with Crippen LogP contribution >= 0.6 is 15.9 Å². The zero-order valence-electron chi connectivity index (χ0n) is 21.3. The summed E-state index contributed by atoms with van der Waals surface area (Å²) in [7, 11) is 1.36. The second-order valence-corrected chi connectivity index (χ2v) is 10.1. The van der Waals surface area contributed by atoms with Crippen molar-refractivity contribution < 1.29 is 27.5 Å². The summed E-state index contributed by atoms with van der Waals surface area (Å²) in [5.74, 6) is -0.0869. The molecule has 0 bridgehead atoms. The van der Waals surface area contributed by atoms with Gasteiger partial charge in [-0.2, -0.15) is 18.3 Å². The number of carbonyl (C=O) groups excluding carboxylic acids is 2. The van der Waals surface area contributed by atoms with E-state index >= 15 is 0 Å². The molecule has 0 radical (unpaired) electrons. The Balaban J connectivity index is 1.18. The first-order valence-electron chi connectivity index (χ1n) is 12.4. The number of hydrogen-bond acceptors (Lipinski definition) is 5. The van der Waals surface area contributed by atoms with Crippen molar-refractivity contribution in [2.45, 2.75) is 12.6 Å². The van der Waals surface area contributed by atoms with Crippen LogP contribution in [0.5, 0.6) is 5.75 Å². The molecule has 1 saturated heterocycles. The molecule has 11 heteroatoms. The number of alkyl halides is 3. The molecular weight excluding hydrogens is 577 g/mol. The third-order valence-electron chi connectivity index (χ3n) is 6.29. The second kappa shape index (κ2) is 12.6. The van der Waals surface area contributed by atoms with E-state index in [4.69, 9.17) is 4.74 Å². The minimum absolute atomic E-state index is 0.0997. The van der Waals surface area contributed by atoms with Crippen molar-refractivity contribution in [3.8, 4) is 5.75 Å². The van der Waals surface area contributed by atoms with Crippen LogP contribution in [0.3, 0.4) is 0 Å². The first-order valence-corrected chi connectivity index (χ1v) is 13.2. The van der Waals surface area contributed by atoms with Gasteiger partial charge >= 0.3 is 6.18 Å². The van der Waals surface area contributed by atoms with Gasteiger partial charge in [0.05, 0.1) is 12.2 Å². The Kier molecular flexibility index (Phi) is 9.24. The maximum absolute atomic E-state index is 13.2. The van der Waals surface area contributed by atoms with E-state index in [2.05, 4.69) is 25.9 Å². The molecule has 0 atom stereocenters. The van der Waals surface area contributed by atoms with Crippen molar-refractivity contribution in [3.63, 3.8) is 0 Å². The smallest absolute Gasteiger partial charge is 0.435 e. The topological polar surface area (TPSA) is 67.7 Å². The first-order chi connectivity index (χ1) is 18.6. The number of nitrogens with zero attached hydrogens (tertiary/aromatic N) is 4. The van der Waals surface area contributed by atoms with E-state index in [0.29, 0.717) is 44.1 Å². The highest BCUT2D eigenvalue weighted by Gasteiger charge is 2.40. The van der Waals surface area contributed by atoms with Crippen molar-refractivity contribution in [2.24, 2.45) is 7.05 Å². The van der Waals surface area contributed by atoms with Crippen LogP contribution in [-0.4, -0.2) is 70.6 Å². The number of piperazine rings is 1. The van der Waals surface area contributed by atoms with Crippen LogP contribution in [0.2, 0.25) is 0 Å². The number of ether oxygens (including phenoxy) is 1. The summed E-state index contributed by atoms with van der Waals surface area (Å²) in [4.78, 5) is 28.7. The van der Waals surface area contributed by atoms with Crippen LogP contribution in [0.4, 0.5) is 13.2 Å². The number of aryl methyl sites for hydroxylation is 1. The average molecular weight is 605 g/mol. The fourth-order valence-electron chi connectivity index (χ4n) is 4.27. The van der Waals surface area contributed by atoms with Gasteiger partial charge in [0.1, 0.15) is 5.75 Å². The molecule has 1 aliphatic rings. The van der Waals surface area contributed by atoms with E-state index in [1.54, 1.807) is 30.3 Å². The Labute approximate surface area is 233 Å². The van der Waals surface area contributed by atoms with Crippen LogP contribution in [0.1, 0.15) is 38.4 Å². The van der Waals surface area contributed by atoms with Crippen LogP contribution in [0.25, 0.3) is 6.08 Å². The molecule has 7 nitrogen and oxygen atoms in total. The van der Waals surface area contributed by atoms with Gasteiger partial charge in [-0.15, -0.1) is 0 Å². The molecule has 2 aromatic carbocycles. The Hall–Kier alpha value is -3.44. The van der Waals surface area contributed by atoms with Gasteiger partial charge in [-0.3, -0.25) is 19.2 Å². The molecule has 1 aliphatic heterocycles. The summed E-state index contributed by atoms with van der Waals surface area (Å²) in [5.41, 5.74) is -0.0755. The lowest BCUT2D eigenvalue weighted by Crippen LogP contribution is -2.49. The molecule has 2 heterocycles. The average Bonchev–Trinajstić information content (AvgIpc) is 3.32. The number of carbonyl (C=O) groups is 2. The maximum Gasteiger partial charge on any atom is 0.435 e. The summed E-state index contributed by atoms with van der Waals surface area (Å²) < 4.78 is 47.4. The van der Waals surface area contributed by atoms with Gasteiger partial charge in [-0.05, 0) is 54.5 Å². The van der Waals surface area contributed by atoms with Crippen LogP contribution < -0.4 is 4.74 Å². The van der Waals surface area contributed by atoms with Crippen LogP contribution in [-0.2, 0) is 13.2 Å². The number of allylic oxidation sites excluding steroid dienone is 1. The molecular formula is C28H28BrF3N4O3. The maximum atomic E-state index is 13.2. The van der Waals surface area contributed by atoms with Gasteiger partial charge < -0.3 is 9.64 Å². The van der Waals surface area contributed by atoms with Gasteiger partial charge in [-0.25, -0.2) is 0 Å². The standard InChI is InChI=1S/C28H28BrF3N4O3/c1-34-19-24(26(33-34)28(30,31)32)27(38)36-15-13-35(14-16-36)12-3-17-39-23-9-7-21(8-10-23)25(37)11-6-20-4-2-5-22(29)18-20/h2,4-11,18-19H,3,12-17H2,1H3/b11-6+. The Bertz CT molecular complexity index is 1330. The third kappa shape index (κ3) is 7.79. The second-order valence-electron chi connectivity index (χ2n) is 9.18. The summed E-state index contributed by atoms with van der Waals surface area (Å²) in [6.45, 7) is 3.03. The molecule has 0 unspecified atom stereocenters. The number of benzene rings is 2. The van der Waals surface area contributed by atoms with Crippen molar-refractivity contribution in [1.29, 1.82) is 0 Å². The number of aromatic nitrogens is 2. The zero-order chi connectivity index (χ0) is 28.0. The Morgan fingerprint density at radius 3 is 2.46 bits per heavy atom. The summed E-state index contributed by atoms with van der Waals surface area (Å²) >= 11 is 3.41. The Morgan fingerprint density at radius 1 is 1.08 bits per heavy atom. The van der Waals surface area contributed by atoms with Crippen molar-refractivity contribution in [1.82, 2.24) is 19.6 Å². The first kappa shape index (κ1) is 28.6. The number of halogens is 4. The van der Waals surface area contributed by atoms with Crippen molar-refractivity contribution in [3.05, 3.63) is 87.7 Å². The van der Waals surface area contributed by atoms with Gasteiger partial charge in [0.2, 0.25) is 0 Å². The van der Waals surface area contributed by atoms with E-state index in [0.717, 1.165) is 33.9 Å². The van der Waals surface area contributed by atoms with Crippen molar-refractivity contribution in [2.75, 3.05) is 39.3 Å². The monoisotopic (exact) mass is 604 g/mol. The third-order valence-corrected chi connectivity index (χ3v) is 6.78. The minimum atomic E-state index is -4.68. The molecule has 0 spiro atoms. The Morgan fingerprint density at radius 2 is 1.79 bits per heavy atom. The molecule has 0 saturated carbocycles. The molecule has 3 aromatic rings. The van der Waals surface area contributed by atoms with Gasteiger partial charge in [0.15, 0.2) is 11.5 Å². The number of amides is 1. The zero-order valence-corrected chi connectivity index (χ0v) is 22.9. The molecule has 206 valence electrons. The largest absolute Gasteiger partial charge is 0.494 e. The minimum Gasteiger partial charge on any atom is -0.494 e.